The van der Waals surface area contributed by atoms with Crippen LogP contribution in [-0.2, 0) is 43.5 Å². The summed E-state index contributed by atoms with van der Waals surface area (Å²) in [4.78, 5) is 49.0. The van der Waals surface area contributed by atoms with Crippen molar-refractivity contribution in [2.24, 2.45) is 0 Å². The maximum absolute atomic E-state index is 12.5. The van der Waals surface area contributed by atoms with Crippen molar-refractivity contribution in [3.05, 3.63) is 83.0 Å². The van der Waals surface area contributed by atoms with Gasteiger partial charge in [-0.1, -0.05) is 51.3 Å². The van der Waals surface area contributed by atoms with E-state index < -0.39 is 29.6 Å². The first-order chi connectivity index (χ1) is 25.2. The summed E-state index contributed by atoms with van der Waals surface area (Å²) < 4.78 is 33.7. The Morgan fingerprint density at radius 1 is 0.642 bits per heavy atom. The average Bonchev–Trinajstić information content (AvgIpc) is 3.87. The van der Waals surface area contributed by atoms with Crippen LogP contribution >= 0.6 is 47.0 Å². The van der Waals surface area contributed by atoms with Crippen LogP contribution in [0.5, 0.6) is 11.5 Å². The summed E-state index contributed by atoms with van der Waals surface area (Å²) in [6.45, 7) is 18.9. The Morgan fingerprint density at radius 3 is 1.26 bits per heavy atom. The Bertz CT molecular complexity index is 1500. The molecule has 2 aliphatic heterocycles. The van der Waals surface area contributed by atoms with Crippen molar-refractivity contribution in [2.45, 2.75) is 68.3 Å². The number of ether oxygens (including phenoxy) is 6. The molecule has 14 heteroatoms. The van der Waals surface area contributed by atoms with E-state index in [1.807, 2.05) is 27.7 Å². The van der Waals surface area contributed by atoms with Crippen molar-refractivity contribution in [1.82, 2.24) is 0 Å². The zero-order valence-electron chi connectivity index (χ0n) is 31.1. The first-order valence-electron chi connectivity index (χ1n) is 17.2. The van der Waals surface area contributed by atoms with E-state index in [-0.39, 0.29) is 47.5 Å². The van der Waals surface area contributed by atoms with Crippen LogP contribution in [0.15, 0.2) is 49.6 Å². The molecule has 2 aliphatic rings. The lowest BCUT2D eigenvalue weighted by Gasteiger charge is -2.29. The monoisotopic (exact) mass is 804 g/mol. The predicted octanol–water partition coefficient (Wildman–Crippen LogP) is 6.90. The van der Waals surface area contributed by atoms with Gasteiger partial charge in [0, 0.05) is 40.6 Å². The molecule has 2 heterocycles. The van der Waals surface area contributed by atoms with Gasteiger partial charge in [0.1, 0.15) is 47.1 Å². The third-order valence-electron chi connectivity index (χ3n) is 8.54. The van der Waals surface area contributed by atoms with E-state index in [4.69, 9.17) is 28.4 Å². The SMILES string of the molecule is C=CC(=O)OC(COC(=O)C1SCCS1)COc1c(C)cc(C(C)(C)c2cc(C)c(OCC(COC(=O)C3SCCS3)OC(=O)C=C)c(C)c2)cc1C. The molecule has 0 aromatic heterocycles. The van der Waals surface area contributed by atoms with E-state index in [2.05, 4.69) is 51.3 Å². The highest BCUT2D eigenvalue weighted by Crippen LogP contribution is 2.39. The van der Waals surface area contributed by atoms with E-state index in [0.29, 0.717) is 11.5 Å². The molecule has 10 nitrogen and oxygen atoms in total. The molecule has 53 heavy (non-hydrogen) atoms. The molecular formula is C39H48O10S4. The number of carbonyl (C=O) groups is 4. The van der Waals surface area contributed by atoms with E-state index in [1.54, 1.807) is 47.0 Å². The topological polar surface area (TPSA) is 124 Å². The van der Waals surface area contributed by atoms with Gasteiger partial charge in [0.25, 0.3) is 0 Å². The van der Waals surface area contributed by atoms with E-state index in [9.17, 15) is 19.2 Å². The molecule has 4 rings (SSSR count). The minimum absolute atomic E-state index is 0.00315. The summed E-state index contributed by atoms with van der Waals surface area (Å²) in [7, 11) is 0. The highest BCUT2D eigenvalue weighted by Gasteiger charge is 2.30. The van der Waals surface area contributed by atoms with Crippen LogP contribution in [0, 0.1) is 27.7 Å². The molecule has 288 valence electrons. The Morgan fingerprint density at radius 2 is 0.962 bits per heavy atom. The molecule has 0 N–H and O–H groups in total. The third kappa shape index (κ3) is 11.9. The number of hydrogen-bond donors (Lipinski definition) is 0. The smallest absolute Gasteiger partial charge is 0.330 e. The number of hydrogen-bond acceptors (Lipinski definition) is 14. The first kappa shape index (κ1) is 42.5. The molecule has 0 amide bonds. The van der Waals surface area contributed by atoms with E-state index in [0.717, 1.165) is 68.5 Å². The standard InChI is InChI=1S/C39H48O10S4/c1-9-31(40)48-29(21-46-35(42)37-50-11-12-51-37)19-44-33-23(3)15-27(16-24(33)4)39(7,8)28-17-25(5)34(26(6)18-28)45-20-30(49-32(41)10-2)22-47-36(43)38-52-13-14-53-38/h9-10,15-18,29-30,37-38H,1-2,11-14,19-22H2,3-8H3. The normalized spacial score (nSPS) is 16.0. The van der Waals surface area contributed by atoms with Gasteiger partial charge < -0.3 is 28.4 Å². The van der Waals surface area contributed by atoms with Crippen molar-refractivity contribution in [3.63, 3.8) is 0 Å². The van der Waals surface area contributed by atoms with Gasteiger partial charge in [-0.3, -0.25) is 0 Å². The Hall–Kier alpha value is -3.20. The fourth-order valence-electron chi connectivity index (χ4n) is 5.73. The summed E-state index contributed by atoms with van der Waals surface area (Å²) in [5, 5.41) is 0. The minimum Gasteiger partial charge on any atom is -0.489 e. The number of esters is 4. The molecule has 2 aromatic carbocycles. The van der Waals surface area contributed by atoms with Gasteiger partial charge in [0.05, 0.1) is 0 Å². The van der Waals surface area contributed by atoms with E-state index in [1.165, 1.54) is 0 Å². The molecular weight excluding hydrogens is 757 g/mol. The molecule has 2 atom stereocenters. The zero-order chi connectivity index (χ0) is 38.7. The van der Waals surface area contributed by atoms with Crippen LogP contribution in [0.25, 0.3) is 0 Å². The number of thioether (sulfide) groups is 4. The number of benzene rings is 2. The van der Waals surface area contributed by atoms with Crippen LogP contribution < -0.4 is 9.47 Å². The zero-order valence-corrected chi connectivity index (χ0v) is 34.3. The van der Waals surface area contributed by atoms with Crippen molar-refractivity contribution >= 4 is 70.9 Å². The minimum atomic E-state index is -0.808. The van der Waals surface area contributed by atoms with Gasteiger partial charge in [-0.15, -0.1) is 47.0 Å². The summed E-state index contributed by atoms with van der Waals surface area (Å²) in [6, 6.07) is 8.33. The predicted molar refractivity (Wildman–Crippen MR) is 214 cm³/mol. The molecule has 2 unspecified atom stereocenters. The van der Waals surface area contributed by atoms with Crippen LogP contribution in [0.3, 0.4) is 0 Å². The van der Waals surface area contributed by atoms with Gasteiger partial charge in [0.15, 0.2) is 12.2 Å². The summed E-state index contributed by atoms with van der Waals surface area (Å²) in [5.74, 6) is 2.97. The third-order valence-corrected chi connectivity index (χ3v) is 14.4. The first-order valence-corrected chi connectivity index (χ1v) is 21.4. The van der Waals surface area contributed by atoms with Crippen molar-refractivity contribution in [1.29, 1.82) is 0 Å². The Kier molecular flexibility index (Phi) is 16.0. The molecule has 0 saturated carbocycles. The summed E-state index contributed by atoms with van der Waals surface area (Å²) in [5.41, 5.74) is 5.32. The molecule has 0 aliphatic carbocycles. The largest absolute Gasteiger partial charge is 0.489 e. The second kappa shape index (κ2) is 19.9. The van der Waals surface area contributed by atoms with Gasteiger partial charge in [-0.25, -0.2) is 19.2 Å². The van der Waals surface area contributed by atoms with Crippen LogP contribution in [0.2, 0.25) is 0 Å². The molecule has 2 saturated heterocycles. The lowest BCUT2D eigenvalue weighted by atomic mass is 9.76. The number of rotatable bonds is 18. The van der Waals surface area contributed by atoms with Crippen LogP contribution in [0.4, 0.5) is 0 Å². The van der Waals surface area contributed by atoms with E-state index >= 15 is 0 Å². The van der Waals surface area contributed by atoms with Gasteiger partial charge in [-0.05, 0) is 61.1 Å². The molecule has 0 spiro atoms. The lowest BCUT2D eigenvalue weighted by molar-refractivity contribution is -0.156. The van der Waals surface area contributed by atoms with Crippen molar-refractivity contribution in [2.75, 3.05) is 49.4 Å². The van der Waals surface area contributed by atoms with Gasteiger partial charge in [-0.2, -0.15) is 0 Å². The Balaban J connectivity index is 1.44. The fourth-order valence-corrected chi connectivity index (χ4v) is 10.9. The summed E-state index contributed by atoms with van der Waals surface area (Å²) in [6.07, 6.45) is 0.522. The fraction of sp³-hybridized carbons (Fsp3) is 0.487. The van der Waals surface area contributed by atoms with Crippen molar-refractivity contribution in [3.8, 4) is 11.5 Å². The second-order valence-corrected chi connectivity index (χ2v) is 18.5. The number of aryl methyl sites for hydroxylation is 4. The summed E-state index contributed by atoms with van der Waals surface area (Å²) >= 11 is 6.18. The maximum atomic E-state index is 12.5. The maximum Gasteiger partial charge on any atom is 0.330 e. The highest BCUT2D eigenvalue weighted by molar-refractivity contribution is 8.21. The molecule has 0 bridgehead atoms. The number of carbonyl (C=O) groups excluding carboxylic acids is 4. The lowest BCUT2D eigenvalue weighted by Crippen LogP contribution is -2.32. The van der Waals surface area contributed by atoms with Crippen LogP contribution in [-0.4, -0.2) is 94.7 Å². The van der Waals surface area contributed by atoms with Crippen molar-refractivity contribution < 1.29 is 47.6 Å². The average molecular weight is 805 g/mol. The second-order valence-electron chi connectivity index (χ2n) is 13.1. The quantitative estimate of drug-likeness (QED) is 0.0882. The molecule has 2 fully saturated rings. The van der Waals surface area contributed by atoms with Gasteiger partial charge >= 0.3 is 23.9 Å². The highest BCUT2D eigenvalue weighted by atomic mass is 32.2. The van der Waals surface area contributed by atoms with Gasteiger partial charge in [0.2, 0.25) is 0 Å². The Labute approximate surface area is 329 Å². The molecule has 2 aromatic rings. The van der Waals surface area contributed by atoms with Crippen LogP contribution in [0.1, 0.15) is 47.2 Å². The molecule has 0 radical (unpaired) electrons.